The monoisotopic (exact) mass is 552 g/mol. The number of benzene rings is 3. The van der Waals surface area contributed by atoms with E-state index in [2.05, 4.69) is 0 Å². The minimum atomic E-state index is -1.84. The van der Waals surface area contributed by atoms with Gasteiger partial charge in [-0.3, -0.25) is 4.79 Å². The lowest BCUT2D eigenvalue weighted by molar-refractivity contribution is -0.240. The summed E-state index contributed by atoms with van der Waals surface area (Å²) >= 11 is 0. The number of hydrogen-bond acceptors (Lipinski definition) is 12. The first-order valence-corrected chi connectivity index (χ1v) is 12.0. The fourth-order valence-electron chi connectivity index (χ4n) is 4.66. The highest BCUT2D eigenvalue weighted by atomic mass is 16.6. The summed E-state index contributed by atoms with van der Waals surface area (Å²) in [5, 5.41) is 71.9. The summed E-state index contributed by atoms with van der Waals surface area (Å²) < 4.78 is 16.6. The topological polar surface area (TPSA) is 207 Å². The van der Waals surface area contributed by atoms with Crippen LogP contribution in [-0.4, -0.2) is 72.7 Å². The molecule has 3 aromatic carbocycles. The fourth-order valence-corrected chi connectivity index (χ4v) is 4.66. The first kappa shape index (κ1) is 27.0. The standard InChI is InChI=1S/C28H24O12/c29-11-19-24(35)26(37)28(40-20(33)7-6-12-4-2-1-3-5-12)27(39-19)21-16(32)10-18-22(25(21)36)23(34)13-8-14(30)15(31)9-17(13)38-18/h1-10,19,24,26-32,35-37H,11H2/t19-,24-,26+,27+,28+/m1/s1. The van der Waals surface area contributed by atoms with Crippen LogP contribution in [0.4, 0.5) is 0 Å². The molecule has 0 bridgehead atoms. The zero-order valence-electron chi connectivity index (χ0n) is 20.5. The lowest BCUT2D eigenvalue weighted by Gasteiger charge is -2.42. The van der Waals surface area contributed by atoms with Crippen LogP contribution in [0.1, 0.15) is 17.2 Å². The summed E-state index contributed by atoms with van der Waals surface area (Å²) in [6.07, 6.45) is -5.86. The van der Waals surface area contributed by atoms with Crippen LogP contribution in [0, 0.1) is 0 Å². The van der Waals surface area contributed by atoms with E-state index in [4.69, 9.17) is 13.9 Å². The van der Waals surface area contributed by atoms with Gasteiger partial charge in [-0.05, 0) is 17.7 Å². The Hall–Kier alpha value is -4.62. The lowest BCUT2D eigenvalue weighted by atomic mass is 9.89. The van der Waals surface area contributed by atoms with Crippen molar-refractivity contribution in [2.24, 2.45) is 0 Å². The number of carbonyl (C=O) groups excluding carboxylic acids is 1. The third-order valence-corrected chi connectivity index (χ3v) is 6.67. The average molecular weight is 552 g/mol. The van der Waals surface area contributed by atoms with E-state index < -0.39 is 82.5 Å². The molecule has 0 unspecified atom stereocenters. The molecule has 0 spiro atoms. The summed E-state index contributed by atoms with van der Waals surface area (Å²) in [4.78, 5) is 25.9. The summed E-state index contributed by atoms with van der Waals surface area (Å²) in [7, 11) is 0. The van der Waals surface area contributed by atoms with Crippen molar-refractivity contribution in [1.29, 1.82) is 0 Å². The van der Waals surface area contributed by atoms with E-state index in [1.54, 1.807) is 30.3 Å². The molecule has 0 saturated carbocycles. The minimum Gasteiger partial charge on any atom is -0.507 e. The third-order valence-electron chi connectivity index (χ3n) is 6.67. The highest BCUT2D eigenvalue weighted by molar-refractivity contribution is 5.96. The molecule has 2 heterocycles. The number of fused-ring (bicyclic) bond motifs is 2. The van der Waals surface area contributed by atoms with Crippen molar-refractivity contribution < 1.29 is 54.4 Å². The van der Waals surface area contributed by atoms with Crippen LogP contribution in [0.15, 0.2) is 63.8 Å². The Bertz CT molecular complexity index is 1680. The Morgan fingerprint density at radius 1 is 0.925 bits per heavy atom. The molecule has 4 aromatic rings. The fraction of sp³-hybridized carbons (Fsp3) is 0.214. The van der Waals surface area contributed by atoms with Gasteiger partial charge in [0, 0.05) is 18.2 Å². The summed E-state index contributed by atoms with van der Waals surface area (Å²) in [5.41, 5.74) is -1.11. The normalized spacial score (nSPS) is 23.1. The highest BCUT2D eigenvalue weighted by Crippen LogP contribution is 2.46. The van der Waals surface area contributed by atoms with E-state index in [-0.39, 0.29) is 16.6 Å². The molecular weight excluding hydrogens is 528 g/mol. The zero-order chi connectivity index (χ0) is 28.7. The van der Waals surface area contributed by atoms with Gasteiger partial charge in [0.05, 0.1) is 17.6 Å². The smallest absolute Gasteiger partial charge is 0.331 e. The van der Waals surface area contributed by atoms with Gasteiger partial charge in [-0.1, -0.05) is 30.3 Å². The van der Waals surface area contributed by atoms with Gasteiger partial charge < -0.3 is 49.6 Å². The highest BCUT2D eigenvalue weighted by Gasteiger charge is 2.49. The van der Waals surface area contributed by atoms with E-state index in [0.29, 0.717) is 5.56 Å². The molecule has 1 aromatic heterocycles. The van der Waals surface area contributed by atoms with E-state index >= 15 is 0 Å². The van der Waals surface area contributed by atoms with Crippen LogP contribution >= 0.6 is 0 Å². The van der Waals surface area contributed by atoms with Gasteiger partial charge in [0.25, 0.3) is 0 Å². The maximum atomic E-state index is 13.3. The summed E-state index contributed by atoms with van der Waals surface area (Å²) in [6, 6.07) is 11.6. The molecule has 1 aliphatic heterocycles. The maximum absolute atomic E-state index is 13.3. The van der Waals surface area contributed by atoms with E-state index in [1.807, 2.05) is 0 Å². The first-order chi connectivity index (χ1) is 19.1. The summed E-state index contributed by atoms with van der Waals surface area (Å²) in [5.74, 6) is -3.70. The number of esters is 1. The Morgan fingerprint density at radius 2 is 1.60 bits per heavy atom. The van der Waals surface area contributed by atoms with E-state index in [1.165, 1.54) is 6.08 Å². The van der Waals surface area contributed by atoms with Crippen LogP contribution in [0.25, 0.3) is 28.0 Å². The summed E-state index contributed by atoms with van der Waals surface area (Å²) in [6.45, 7) is -0.784. The predicted molar refractivity (Wildman–Crippen MR) is 139 cm³/mol. The van der Waals surface area contributed by atoms with Gasteiger partial charge in [0.1, 0.15) is 52.5 Å². The molecule has 0 aliphatic carbocycles. The van der Waals surface area contributed by atoms with Crippen molar-refractivity contribution in [3.05, 3.63) is 76.0 Å². The number of aromatic hydroxyl groups is 4. The molecule has 12 nitrogen and oxygen atoms in total. The first-order valence-electron chi connectivity index (χ1n) is 12.0. The van der Waals surface area contributed by atoms with Crippen LogP contribution < -0.4 is 5.43 Å². The van der Waals surface area contributed by atoms with Crippen LogP contribution in [0.2, 0.25) is 0 Å². The number of phenolic OH excluding ortho intramolecular Hbond substituents is 4. The Labute approximate surface area is 224 Å². The molecule has 40 heavy (non-hydrogen) atoms. The molecule has 5 atom stereocenters. The SMILES string of the molecule is O=C(C=Cc1ccccc1)O[C@H]1[C@@H](O)[C@H](O)[C@@H](CO)O[C@H]1c1c(O)cc2oc3cc(O)c(O)cc3c(=O)c2c1O. The molecular formula is C28H24O12. The molecule has 1 aliphatic rings. The largest absolute Gasteiger partial charge is 0.507 e. The van der Waals surface area contributed by atoms with Crippen molar-refractivity contribution in [3.63, 3.8) is 0 Å². The molecule has 0 amide bonds. The third kappa shape index (κ3) is 4.69. The Kier molecular flexibility index (Phi) is 7.08. The van der Waals surface area contributed by atoms with Crippen molar-refractivity contribution in [2.75, 3.05) is 6.61 Å². The average Bonchev–Trinajstić information content (AvgIpc) is 2.93. The lowest BCUT2D eigenvalue weighted by Crippen LogP contribution is -2.56. The number of ether oxygens (including phenoxy) is 2. The van der Waals surface area contributed by atoms with Crippen molar-refractivity contribution in [2.45, 2.75) is 30.5 Å². The van der Waals surface area contributed by atoms with Gasteiger partial charge in [0.15, 0.2) is 17.6 Å². The predicted octanol–water partition coefficient (Wildman–Crippen LogP) is 1.55. The number of phenols is 4. The molecule has 1 fully saturated rings. The zero-order valence-corrected chi connectivity index (χ0v) is 20.5. The van der Waals surface area contributed by atoms with Crippen LogP contribution in [-0.2, 0) is 14.3 Å². The van der Waals surface area contributed by atoms with Gasteiger partial charge >= 0.3 is 5.97 Å². The molecule has 208 valence electrons. The quantitative estimate of drug-likeness (QED) is 0.0814. The molecule has 7 N–H and O–H groups in total. The second kappa shape index (κ2) is 10.5. The van der Waals surface area contributed by atoms with Crippen LogP contribution in [0.3, 0.4) is 0 Å². The second-order valence-electron chi connectivity index (χ2n) is 9.20. The number of aliphatic hydroxyl groups excluding tert-OH is 3. The Balaban J connectivity index is 1.61. The van der Waals surface area contributed by atoms with Crippen molar-refractivity contribution in [1.82, 2.24) is 0 Å². The molecule has 0 radical (unpaired) electrons. The Morgan fingerprint density at radius 3 is 2.30 bits per heavy atom. The van der Waals surface area contributed by atoms with Crippen molar-refractivity contribution in [3.8, 4) is 23.0 Å². The molecule has 12 heteroatoms. The number of carbonyl (C=O) groups is 1. The minimum absolute atomic E-state index is 0.149. The number of aliphatic hydroxyl groups is 3. The number of rotatable bonds is 5. The maximum Gasteiger partial charge on any atom is 0.331 e. The second-order valence-corrected chi connectivity index (χ2v) is 9.20. The van der Waals surface area contributed by atoms with Crippen molar-refractivity contribution >= 4 is 34.0 Å². The van der Waals surface area contributed by atoms with Gasteiger partial charge in [-0.25, -0.2) is 4.79 Å². The van der Waals surface area contributed by atoms with Crippen LogP contribution in [0.5, 0.6) is 23.0 Å². The van der Waals surface area contributed by atoms with Gasteiger partial charge in [0.2, 0.25) is 5.43 Å². The molecule has 5 rings (SSSR count). The van der Waals surface area contributed by atoms with E-state index in [0.717, 1.165) is 24.3 Å². The number of hydrogen-bond donors (Lipinski definition) is 7. The van der Waals surface area contributed by atoms with Gasteiger partial charge in [-0.15, -0.1) is 0 Å². The molecule has 1 saturated heterocycles. The van der Waals surface area contributed by atoms with E-state index in [9.17, 15) is 45.3 Å². The van der Waals surface area contributed by atoms with Gasteiger partial charge in [-0.2, -0.15) is 0 Å².